The number of nitriles is 2. The minimum Gasteiger partial charge on any atom is -0.397 e. The number of nitrogens with one attached hydrogen (secondary N) is 1. The fourth-order valence-corrected chi connectivity index (χ4v) is 1.60. The van der Waals surface area contributed by atoms with E-state index < -0.39 is 0 Å². The SMILES string of the molecule is N#CCc1ccc(Nc2ncc(N)cc2C#N)cc1. The van der Waals surface area contributed by atoms with Crippen molar-refractivity contribution < 1.29 is 0 Å². The van der Waals surface area contributed by atoms with Crippen LogP contribution in [0.15, 0.2) is 36.5 Å². The van der Waals surface area contributed by atoms with Gasteiger partial charge in [-0.05, 0) is 23.8 Å². The third kappa shape index (κ3) is 2.99. The van der Waals surface area contributed by atoms with Gasteiger partial charge in [-0.15, -0.1) is 0 Å². The standard InChI is InChI=1S/C14H11N5/c15-6-5-10-1-3-13(4-2-10)19-14-11(8-16)7-12(17)9-18-14/h1-4,7,9H,5,17H2,(H,18,19). The minimum absolute atomic E-state index is 0.379. The highest BCUT2D eigenvalue weighted by Gasteiger charge is 2.04. The molecule has 0 aliphatic heterocycles. The number of aromatic nitrogens is 1. The van der Waals surface area contributed by atoms with E-state index in [-0.39, 0.29) is 0 Å². The number of hydrogen-bond acceptors (Lipinski definition) is 5. The lowest BCUT2D eigenvalue weighted by Gasteiger charge is -2.08. The number of nitrogen functional groups attached to an aromatic ring is 1. The van der Waals surface area contributed by atoms with Gasteiger partial charge in [-0.3, -0.25) is 0 Å². The van der Waals surface area contributed by atoms with E-state index in [1.54, 1.807) is 6.07 Å². The Morgan fingerprint density at radius 1 is 1.21 bits per heavy atom. The van der Waals surface area contributed by atoms with Crippen LogP contribution in [0.3, 0.4) is 0 Å². The third-order valence-electron chi connectivity index (χ3n) is 2.53. The van der Waals surface area contributed by atoms with Crippen molar-refractivity contribution in [2.24, 2.45) is 0 Å². The first-order valence-corrected chi connectivity index (χ1v) is 5.61. The third-order valence-corrected chi connectivity index (χ3v) is 2.53. The van der Waals surface area contributed by atoms with Crippen molar-refractivity contribution >= 4 is 17.2 Å². The van der Waals surface area contributed by atoms with Crippen LogP contribution in [0.1, 0.15) is 11.1 Å². The van der Waals surface area contributed by atoms with Crippen LogP contribution in [-0.2, 0) is 6.42 Å². The Kier molecular flexibility index (Phi) is 3.61. The highest BCUT2D eigenvalue weighted by atomic mass is 15.0. The van der Waals surface area contributed by atoms with Gasteiger partial charge in [0.15, 0.2) is 0 Å². The van der Waals surface area contributed by atoms with E-state index in [2.05, 4.69) is 16.4 Å². The first-order chi connectivity index (χ1) is 9.22. The number of benzene rings is 1. The average molecular weight is 249 g/mol. The molecule has 19 heavy (non-hydrogen) atoms. The molecule has 1 aromatic carbocycles. The van der Waals surface area contributed by atoms with Gasteiger partial charge < -0.3 is 11.1 Å². The molecule has 0 atom stereocenters. The zero-order valence-corrected chi connectivity index (χ0v) is 10.1. The fraction of sp³-hybridized carbons (Fsp3) is 0.0714. The van der Waals surface area contributed by atoms with Gasteiger partial charge in [0.2, 0.25) is 0 Å². The second-order valence-corrected chi connectivity index (χ2v) is 3.93. The zero-order valence-electron chi connectivity index (χ0n) is 10.1. The maximum atomic E-state index is 9.01. The molecule has 5 nitrogen and oxygen atoms in total. The molecule has 0 aliphatic rings. The molecule has 2 rings (SSSR count). The van der Waals surface area contributed by atoms with Crippen LogP contribution < -0.4 is 11.1 Å². The highest BCUT2D eigenvalue weighted by molar-refractivity contribution is 5.65. The highest BCUT2D eigenvalue weighted by Crippen LogP contribution is 2.20. The van der Waals surface area contributed by atoms with Crippen LogP contribution >= 0.6 is 0 Å². The molecule has 2 aromatic rings. The van der Waals surface area contributed by atoms with Crippen molar-refractivity contribution in [3.05, 3.63) is 47.7 Å². The van der Waals surface area contributed by atoms with Crippen LogP contribution in [0.5, 0.6) is 0 Å². The molecule has 0 aliphatic carbocycles. The number of anilines is 3. The van der Waals surface area contributed by atoms with Crippen molar-refractivity contribution in [3.8, 4) is 12.1 Å². The largest absolute Gasteiger partial charge is 0.397 e. The van der Waals surface area contributed by atoms with Crippen molar-refractivity contribution in [1.82, 2.24) is 4.98 Å². The smallest absolute Gasteiger partial charge is 0.148 e. The zero-order chi connectivity index (χ0) is 13.7. The van der Waals surface area contributed by atoms with Gasteiger partial charge in [0.05, 0.1) is 29.9 Å². The Hall–Kier alpha value is -3.05. The van der Waals surface area contributed by atoms with Gasteiger partial charge in [-0.25, -0.2) is 4.98 Å². The van der Waals surface area contributed by atoms with E-state index in [9.17, 15) is 0 Å². The van der Waals surface area contributed by atoms with Crippen LogP contribution in [-0.4, -0.2) is 4.98 Å². The summed E-state index contributed by atoms with van der Waals surface area (Å²) in [5, 5.41) is 20.7. The molecule has 0 amide bonds. The first-order valence-electron chi connectivity index (χ1n) is 5.61. The number of hydrogen-bond donors (Lipinski definition) is 2. The van der Waals surface area contributed by atoms with E-state index in [1.807, 2.05) is 30.3 Å². The summed E-state index contributed by atoms with van der Waals surface area (Å²) in [7, 11) is 0. The number of nitrogens with two attached hydrogens (primary N) is 1. The molecule has 1 heterocycles. The van der Waals surface area contributed by atoms with Gasteiger partial charge in [0.1, 0.15) is 11.9 Å². The van der Waals surface area contributed by atoms with Crippen molar-refractivity contribution in [1.29, 1.82) is 10.5 Å². The summed E-state index contributed by atoms with van der Waals surface area (Å²) in [6.45, 7) is 0. The topological polar surface area (TPSA) is 98.5 Å². The second kappa shape index (κ2) is 5.52. The summed E-state index contributed by atoms with van der Waals surface area (Å²) in [5.74, 6) is 0.463. The lowest BCUT2D eigenvalue weighted by molar-refractivity contribution is 1.25. The Bertz CT molecular complexity index is 662. The summed E-state index contributed by atoms with van der Waals surface area (Å²) in [6.07, 6.45) is 1.87. The summed E-state index contributed by atoms with van der Waals surface area (Å²) in [4.78, 5) is 4.09. The summed E-state index contributed by atoms with van der Waals surface area (Å²) in [6, 6.07) is 13.1. The molecule has 0 bridgehead atoms. The van der Waals surface area contributed by atoms with E-state index in [1.165, 1.54) is 6.20 Å². The predicted molar refractivity (Wildman–Crippen MR) is 72.4 cm³/mol. The minimum atomic E-state index is 0.379. The number of pyridine rings is 1. The Morgan fingerprint density at radius 3 is 2.58 bits per heavy atom. The molecule has 0 fully saturated rings. The van der Waals surface area contributed by atoms with E-state index in [4.69, 9.17) is 16.3 Å². The first kappa shape index (κ1) is 12.4. The average Bonchev–Trinajstić information content (AvgIpc) is 2.43. The van der Waals surface area contributed by atoms with Gasteiger partial charge in [-0.1, -0.05) is 12.1 Å². The Labute approximate surface area is 110 Å². The quantitative estimate of drug-likeness (QED) is 0.869. The molecule has 0 spiro atoms. The predicted octanol–water partition coefficient (Wildman–Crippen LogP) is 2.35. The van der Waals surface area contributed by atoms with E-state index in [0.29, 0.717) is 23.5 Å². The van der Waals surface area contributed by atoms with Crippen molar-refractivity contribution in [2.45, 2.75) is 6.42 Å². The van der Waals surface area contributed by atoms with Gasteiger partial charge >= 0.3 is 0 Å². The molecule has 3 N–H and O–H groups in total. The molecule has 0 radical (unpaired) electrons. The summed E-state index contributed by atoms with van der Waals surface area (Å²) < 4.78 is 0. The molecule has 0 unspecified atom stereocenters. The van der Waals surface area contributed by atoms with Crippen molar-refractivity contribution in [2.75, 3.05) is 11.1 Å². The normalized spacial score (nSPS) is 9.37. The molecule has 92 valence electrons. The van der Waals surface area contributed by atoms with E-state index >= 15 is 0 Å². The van der Waals surface area contributed by atoms with Crippen LogP contribution in [0.2, 0.25) is 0 Å². The molecule has 5 heteroatoms. The van der Waals surface area contributed by atoms with Gasteiger partial charge in [0, 0.05) is 5.69 Å². The Balaban J connectivity index is 2.22. The molecular formula is C14H11N5. The molecule has 0 saturated heterocycles. The molecular weight excluding hydrogens is 238 g/mol. The van der Waals surface area contributed by atoms with Gasteiger partial charge in [-0.2, -0.15) is 10.5 Å². The van der Waals surface area contributed by atoms with Crippen LogP contribution in [0, 0.1) is 22.7 Å². The van der Waals surface area contributed by atoms with Crippen LogP contribution in [0.4, 0.5) is 17.2 Å². The molecule has 0 saturated carbocycles. The van der Waals surface area contributed by atoms with Gasteiger partial charge in [0.25, 0.3) is 0 Å². The molecule has 1 aromatic heterocycles. The van der Waals surface area contributed by atoms with Crippen LogP contribution in [0.25, 0.3) is 0 Å². The van der Waals surface area contributed by atoms with Crippen molar-refractivity contribution in [3.63, 3.8) is 0 Å². The summed E-state index contributed by atoms with van der Waals surface area (Å²) in [5.41, 5.74) is 8.16. The monoisotopic (exact) mass is 249 g/mol. The van der Waals surface area contributed by atoms with E-state index in [0.717, 1.165) is 11.3 Å². The summed E-state index contributed by atoms with van der Waals surface area (Å²) >= 11 is 0. The lowest BCUT2D eigenvalue weighted by atomic mass is 10.1. The fourth-order valence-electron chi connectivity index (χ4n) is 1.60. The second-order valence-electron chi connectivity index (χ2n) is 3.93. The maximum absolute atomic E-state index is 9.01. The number of rotatable bonds is 3. The maximum Gasteiger partial charge on any atom is 0.148 e. The lowest BCUT2D eigenvalue weighted by Crippen LogP contribution is -1.98. The Morgan fingerprint density at radius 2 is 1.95 bits per heavy atom. The number of nitrogens with zero attached hydrogens (tertiary/aromatic N) is 3.